The molecule has 10 nitrogen and oxygen atoms in total. The lowest BCUT2D eigenvalue weighted by molar-refractivity contribution is -0.385. The number of methoxy groups -OCH3 is 2. The first-order chi connectivity index (χ1) is 16.3. The minimum absolute atomic E-state index is 0.108. The monoisotopic (exact) mass is 479 g/mol. The predicted octanol–water partition coefficient (Wildman–Crippen LogP) is 4.70. The molecule has 4 aromatic rings. The van der Waals surface area contributed by atoms with Gasteiger partial charge in [-0.15, -0.1) is 11.3 Å². The highest BCUT2D eigenvalue weighted by molar-refractivity contribution is 7.13. The third kappa shape index (κ3) is 4.33. The maximum atomic E-state index is 12.8. The van der Waals surface area contributed by atoms with Gasteiger partial charge in [-0.05, 0) is 31.2 Å². The molecule has 2 aromatic heterocycles. The number of ether oxygens (including phenoxy) is 2. The molecule has 0 unspecified atom stereocenters. The van der Waals surface area contributed by atoms with Crippen molar-refractivity contribution in [1.29, 1.82) is 0 Å². The molecule has 34 heavy (non-hydrogen) atoms. The van der Waals surface area contributed by atoms with E-state index < -0.39 is 10.8 Å². The zero-order valence-corrected chi connectivity index (χ0v) is 19.7. The smallest absolute Gasteiger partial charge is 0.273 e. The van der Waals surface area contributed by atoms with E-state index in [2.05, 4.69) is 15.4 Å². The fourth-order valence-electron chi connectivity index (χ4n) is 3.46. The van der Waals surface area contributed by atoms with Crippen molar-refractivity contribution in [2.24, 2.45) is 7.05 Å². The fourth-order valence-corrected chi connectivity index (χ4v) is 4.24. The number of nitrogens with one attached hydrogen (secondary N) is 1. The van der Waals surface area contributed by atoms with Gasteiger partial charge in [0.05, 0.1) is 24.8 Å². The summed E-state index contributed by atoms with van der Waals surface area (Å²) in [5.74, 6) is 1.22. The van der Waals surface area contributed by atoms with E-state index in [0.717, 1.165) is 11.3 Å². The Kier molecular flexibility index (Phi) is 6.28. The van der Waals surface area contributed by atoms with Crippen molar-refractivity contribution >= 4 is 28.7 Å². The molecule has 11 heteroatoms. The second-order valence-electron chi connectivity index (χ2n) is 7.31. The first-order valence-corrected chi connectivity index (χ1v) is 11.0. The molecule has 2 heterocycles. The Morgan fingerprint density at radius 3 is 2.59 bits per heavy atom. The number of amides is 1. The van der Waals surface area contributed by atoms with Gasteiger partial charge in [-0.3, -0.25) is 19.6 Å². The third-order valence-corrected chi connectivity index (χ3v) is 6.14. The van der Waals surface area contributed by atoms with Crippen LogP contribution < -0.4 is 14.8 Å². The van der Waals surface area contributed by atoms with Gasteiger partial charge in [0.15, 0.2) is 11.5 Å². The summed E-state index contributed by atoms with van der Waals surface area (Å²) in [7, 11) is 4.85. The van der Waals surface area contributed by atoms with Crippen LogP contribution in [-0.4, -0.2) is 39.8 Å². The molecule has 0 saturated carbocycles. The number of hydrogen-bond acceptors (Lipinski definition) is 8. The zero-order valence-electron chi connectivity index (χ0n) is 18.9. The first-order valence-electron chi connectivity index (χ1n) is 10.1. The summed E-state index contributed by atoms with van der Waals surface area (Å²) in [5.41, 5.74) is 2.62. The van der Waals surface area contributed by atoms with E-state index in [9.17, 15) is 14.9 Å². The number of hydrogen-bond donors (Lipinski definition) is 1. The number of rotatable bonds is 7. The normalized spacial score (nSPS) is 10.7. The highest BCUT2D eigenvalue weighted by atomic mass is 32.1. The lowest BCUT2D eigenvalue weighted by Crippen LogP contribution is -2.16. The Morgan fingerprint density at radius 1 is 1.12 bits per heavy atom. The Labute approximate surface area is 198 Å². The summed E-state index contributed by atoms with van der Waals surface area (Å²) in [4.78, 5) is 28.2. The van der Waals surface area contributed by atoms with Crippen molar-refractivity contribution in [3.63, 3.8) is 0 Å². The molecule has 0 aliphatic carbocycles. The van der Waals surface area contributed by atoms with Crippen LogP contribution in [0.3, 0.4) is 0 Å². The number of nitrogens with zero attached hydrogens (tertiary/aromatic N) is 4. The van der Waals surface area contributed by atoms with Gasteiger partial charge in [-0.2, -0.15) is 5.10 Å². The largest absolute Gasteiger partial charge is 0.493 e. The standard InChI is InChI=1S/C23H21N5O5S/c1-13-15(6-5-7-18(13)28(30)31)22(29)25-21-11-16(26-27(21)2)23-24-17(12-34-23)14-8-9-19(32-3)20(10-14)33-4/h5-12H,1-4H3,(H,25,29). The molecule has 0 atom stereocenters. The Morgan fingerprint density at radius 2 is 1.88 bits per heavy atom. The lowest BCUT2D eigenvalue weighted by atomic mass is 10.1. The van der Waals surface area contributed by atoms with Crippen molar-refractivity contribution in [1.82, 2.24) is 14.8 Å². The van der Waals surface area contributed by atoms with Crippen LogP contribution in [0.5, 0.6) is 11.5 Å². The maximum Gasteiger partial charge on any atom is 0.273 e. The van der Waals surface area contributed by atoms with Crippen LogP contribution in [0, 0.1) is 17.0 Å². The van der Waals surface area contributed by atoms with E-state index in [1.54, 1.807) is 40.3 Å². The van der Waals surface area contributed by atoms with Crippen molar-refractivity contribution in [2.45, 2.75) is 6.92 Å². The van der Waals surface area contributed by atoms with E-state index in [0.29, 0.717) is 33.6 Å². The van der Waals surface area contributed by atoms with Crippen LogP contribution in [0.15, 0.2) is 47.8 Å². The highest BCUT2D eigenvalue weighted by Crippen LogP contribution is 2.35. The first kappa shape index (κ1) is 22.9. The second-order valence-corrected chi connectivity index (χ2v) is 8.17. The Hall–Kier alpha value is -4.25. The van der Waals surface area contributed by atoms with Crippen LogP contribution in [-0.2, 0) is 7.05 Å². The van der Waals surface area contributed by atoms with Crippen LogP contribution in [0.4, 0.5) is 11.5 Å². The molecule has 1 amide bonds. The number of nitro groups is 1. The summed E-state index contributed by atoms with van der Waals surface area (Å²) in [5, 5.41) is 21.0. The van der Waals surface area contributed by atoms with Gasteiger partial charge >= 0.3 is 0 Å². The molecule has 1 N–H and O–H groups in total. The molecule has 2 aromatic carbocycles. The summed E-state index contributed by atoms with van der Waals surface area (Å²) in [6, 6.07) is 11.7. The van der Waals surface area contributed by atoms with Crippen molar-refractivity contribution in [3.05, 3.63) is 69.1 Å². The summed E-state index contributed by atoms with van der Waals surface area (Å²) in [6.07, 6.45) is 0. The van der Waals surface area contributed by atoms with Gasteiger partial charge in [0.25, 0.3) is 11.6 Å². The molecule has 0 aliphatic heterocycles. The number of carbonyl (C=O) groups excluding carboxylic acids is 1. The Balaban J connectivity index is 1.58. The molecule has 0 radical (unpaired) electrons. The molecule has 4 rings (SSSR count). The number of benzene rings is 2. The van der Waals surface area contributed by atoms with E-state index >= 15 is 0 Å². The zero-order chi connectivity index (χ0) is 24.4. The molecular formula is C23H21N5O5S. The molecule has 0 spiro atoms. The highest BCUT2D eigenvalue weighted by Gasteiger charge is 2.20. The van der Waals surface area contributed by atoms with Gasteiger partial charge in [-0.25, -0.2) is 4.98 Å². The second kappa shape index (κ2) is 9.32. The molecule has 0 fully saturated rings. The Bertz CT molecular complexity index is 1390. The van der Waals surface area contributed by atoms with E-state index in [1.807, 2.05) is 23.6 Å². The third-order valence-electron chi connectivity index (χ3n) is 5.27. The van der Waals surface area contributed by atoms with Crippen LogP contribution in [0.1, 0.15) is 15.9 Å². The quantitative estimate of drug-likeness (QED) is 0.301. The minimum atomic E-state index is -0.507. The average Bonchev–Trinajstić information content (AvgIpc) is 3.45. The molecule has 0 saturated heterocycles. The molecular weight excluding hydrogens is 458 g/mol. The van der Waals surface area contributed by atoms with Gasteiger partial charge in [0, 0.05) is 41.3 Å². The van der Waals surface area contributed by atoms with Crippen LogP contribution >= 0.6 is 11.3 Å². The van der Waals surface area contributed by atoms with Crippen molar-refractivity contribution < 1.29 is 19.2 Å². The number of aryl methyl sites for hydroxylation is 1. The van der Waals surface area contributed by atoms with Crippen LogP contribution in [0.2, 0.25) is 0 Å². The predicted molar refractivity (Wildman–Crippen MR) is 129 cm³/mol. The van der Waals surface area contributed by atoms with Gasteiger partial charge < -0.3 is 14.8 Å². The minimum Gasteiger partial charge on any atom is -0.493 e. The molecule has 0 bridgehead atoms. The van der Waals surface area contributed by atoms with E-state index in [-0.39, 0.29) is 11.3 Å². The topological polar surface area (TPSA) is 121 Å². The maximum absolute atomic E-state index is 12.8. The summed E-state index contributed by atoms with van der Waals surface area (Å²) >= 11 is 1.42. The SMILES string of the molecule is COc1ccc(-c2csc(-c3cc(NC(=O)c4cccc([N+](=O)[O-])c4C)n(C)n3)n2)cc1OC. The number of aromatic nitrogens is 3. The number of thiazole rings is 1. The fraction of sp³-hybridized carbons (Fsp3) is 0.174. The van der Waals surface area contributed by atoms with Crippen molar-refractivity contribution in [2.75, 3.05) is 19.5 Å². The van der Waals surface area contributed by atoms with Gasteiger partial charge in [0.2, 0.25) is 0 Å². The van der Waals surface area contributed by atoms with Crippen molar-refractivity contribution in [3.8, 4) is 33.5 Å². The van der Waals surface area contributed by atoms with E-state index in [1.165, 1.54) is 28.2 Å². The summed E-state index contributed by atoms with van der Waals surface area (Å²) < 4.78 is 12.2. The number of nitro benzene ring substituents is 1. The van der Waals surface area contributed by atoms with E-state index in [4.69, 9.17) is 9.47 Å². The van der Waals surface area contributed by atoms with Crippen LogP contribution in [0.25, 0.3) is 22.0 Å². The van der Waals surface area contributed by atoms with Gasteiger partial charge in [0.1, 0.15) is 16.5 Å². The lowest BCUT2D eigenvalue weighted by Gasteiger charge is -2.08. The number of anilines is 1. The summed E-state index contributed by atoms with van der Waals surface area (Å²) in [6.45, 7) is 1.55. The molecule has 0 aliphatic rings. The van der Waals surface area contributed by atoms with Gasteiger partial charge in [-0.1, -0.05) is 6.07 Å². The number of carbonyl (C=O) groups is 1. The molecule has 174 valence electrons. The average molecular weight is 480 g/mol.